The second-order valence-electron chi connectivity index (χ2n) is 11.5. The quantitative estimate of drug-likeness (QED) is 0.221. The highest BCUT2D eigenvalue weighted by molar-refractivity contribution is 6.24. The molecular formula is C42H28N2O. The molecule has 0 saturated heterocycles. The first-order chi connectivity index (χ1) is 22.3. The van der Waals surface area contributed by atoms with Crippen molar-refractivity contribution in [1.29, 1.82) is 0 Å². The SMILES string of the molecule is c1ccc(Nc2cc(-n3c4cc(-c5ccccc5)ccc4c4c5oc6ccccc6c5ccc43)ccc2-c2ccccc2)cc1. The lowest BCUT2D eigenvalue weighted by molar-refractivity contribution is 0.673. The van der Waals surface area contributed by atoms with Crippen molar-refractivity contribution >= 4 is 55.1 Å². The van der Waals surface area contributed by atoms with Crippen LogP contribution in [0.5, 0.6) is 0 Å². The van der Waals surface area contributed by atoms with Crippen molar-refractivity contribution in [3.8, 4) is 27.9 Å². The first-order valence-corrected chi connectivity index (χ1v) is 15.3. The van der Waals surface area contributed by atoms with E-state index < -0.39 is 0 Å². The van der Waals surface area contributed by atoms with Crippen molar-refractivity contribution in [2.45, 2.75) is 0 Å². The Labute approximate surface area is 260 Å². The lowest BCUT2D eigenvalue weighted by Gasteiger charge is -2.16. The summed E-state index contributed by atoms with van der Waals surface area (Å²) in [5.41, 5.74) is 11.9. The van der Waals surface area contributed by atoms with E-state index in [1.165, 1.54) is 22.1 Å². The Morgan fingerprint density at radius 1 is 0.467 bits per heavy atom. The number of fused-ring (bicyclic) bond motifs is 7. The van der Waals surface area contributed by atoms with Crippen molar-refractivity contribution in [3.05, 3.63) is 164 Å². The van der Waals surface area contributed by atoms with Crippen molar-refractivity contribution in [2.24, 2.45) is 0 Å². The van der Waals surface area contributed by atoms with E-state index in [1.54, 1.807) is 0 Å². The highest BCUT2D eigenvalue weighted by Crippen LogP contribution is 2.42. The molecule has 0 aliphatic heterocycles. The van der Waals surface area contributed by atoms with E-state index in [-0.39, 0.29) is 0 Å². The van der Waals surface area contributed by atoms with E-state index in [9.17, 15) is 0 Å². The molecule has 0 aliphatic rings. The molecule has 0 aliphatic carbocycles. The molecule has 0 atom stereocenters. The van der Waals surface area contributed by atoms with Crippen LogP contribution in [-0.4, -0.2) is 4.57 Å². The predicted octanol–water partition coefficient (Wildman–Crippen LogP) is 11.8. The Morgan fingerprint density at radius 2 is 1.16 bits per heavy atom. The summed E-state index contributed by atoms with van der Waals surface area (Å²) in [5, 5.41) is 8.29. The fourth-order valence-corrected chi connectivity index (χ4v) is 6.69. The highest BCUT2D eigenvalue weighted by atomic mass is 16.3. The Balaban J connectivity index is 1.35. The molecule has 3 nitrogen and oxygen atoms in total. The number of benzene rings is 7. The van der Waals surface area contributed by atoms with Gasteiger partial charge in [0.25, 0.3) is 0 Å². The summed E-state index contributed by atoms with van der Waals surface area (Å²) in [6, 6.07) is 57.8. The average Bonchev–Trinajstić information content (AvgIpc) is 3.65. The van der Waals surface area contributed by atoms with Gasteiger partial charge in [-0.25, -0.2) is 0 Å². The molecule has 0 radical (unpaired) electrons. The van der Waals surface area contributed by atoms with Crippen LogP contribution < -0.4 is 5.32 Å². The van der Waals surface area contributed by atoms with Gasteiger partial charge in [-0.3, -0.25) is 0 Å². The van der Waals surface area contributed by atoms with Crippen LogP contribution in [0, 0.1) is 0 Å². The van der Waals surface area contributed by atoms with E-state index in [1.807, 2.05) is 12.1 Å². The topological polar surface area (TPSA) is 30.1 Å². The summed E-state index contributed by atoms with van der Waals surface area (Å²) in [5.74, 6) is 0. The molecular weight excluding hydrogens is 548 g/mol. The molecule has 1 N–H and O–H groups in total. The van der Waals surface area contributed by atoms with Gasteiger partial charge < -0.3 is 14.3 Å². The van der Waals surface area contributed by atoms with Gasteiger partial charge in [0.1, 0.15) is 11.2 Å². The molecule has 0 spiro atoms. The Hall–Kier alpha value is -6.06. The van der Waals surface area contributed by atoms with Gasteiger partial charge in [0.15, 0.2) is 0 Å². The van der Waals surface area contributed by atoms with Gasteiger partial charge in [0.05, 0.1) is 16.4 Å². The molecule has 9 aromatic rings. The second-order valence-corrected chi connectivity index (χ2v) is 11.5. The molecule has 9 rings (SSSR count). The first kappa shape index (κ1) is 25.4. The summed E-state index contributed by atoms with van der Waals surface area (Å²) < 4.78 is 8.98. The maximum absolute atomic E-state index is 6.59. The minimum absolute atomic E-state index is 0.906. The van der Waals surface area contributed by atoms with Crippen molar-refractivity contribution in [2.75, 3.05) is 5.32 Å². The van der Waals surface area contributed by atoms with Crippen LogP contribution in [0.2, 0.25) is 0 Å². The summed E-state index contributed by atoms with van der Waals surface area (Å²) >= 11 is 0. The molecule has 2 heterocycles. The Kier molecular flexibility index (Phi) is 5.82. The van der Waals surface area contributed by atoms with Gasteiger partial charge in [0.2, 0.25) is 0 Å². The summed E-state index contributed by atoms with van der Waals surface area (Å²) in [7, 11) is 0. The number of hydrogen-bond donors (Lipinski definition) is 1. The molecule has 212 valence electrons. The number of furan rings is 1. The van der Waals surface area contributed by atoms with E-state index >= 15 is 0 Å². The first-order valence-electron chi connectivity index (χ1n) is 15.3. The third-order valence-corrected chi connectivity index (χ3v) is 8.78. The number of hydrogen-bond acceptors (Lipinski definition) is 2. The smallest absolute Gasteiger partial charge is 0.145 e. The third kappa shape index (κ3) is 4.21. The standard InChI is InChI=1S/C42H28N2O/c1-4-12-28(13-5-1)30-20-22-36-39(26-30)44(38-25-24-35-34-18-10-11-19-40(34)45-42(35)41(36)38)32-21-23-33(29-14-6-2-7-15-29)37(27-32)43-31-16-8-3-9-17-31/h1-27,43H. The van der Waals surface area contributed by atoms with E-state index in [2.05, 4.69) is 162 Å². The molecule has 0 fully saturated rings. The number of aromatic nitrogens is 1. The van der Waals surface area contributed by atoms with Crippen LogP contribution in [0.25, 0.3) is 71.7 Å². The van der Waals surface area contributed by atoms with E-state index in [4.69, 9.17) is 4.42 Å². The summed E-state index contributed by atoms with van der Waals surface area (Å²) in [6.07, 6.45) is 0. The molecule has 0 saturated carbocycles. The second kappa shape index (κ2) is 10.3. The fraction of sp³-hybridized carbons (Fsp3) is 0. The predicted molar refractivity (Wildman–Crippen MR) is 189 cm³/mol. The fourth-order valence-electron chi connectivity index (χ4n) is 6.69. The zero-order valence-electron chi connectivity index (χ0n) is 24.4. The minimum Gasteiger partial charge on any atom is -0.455 e. The van der Waals surface area contributed by atoms with Gasteiger partial charge in [-0.15, -0.1) is 0 Å². The average molecular weight is 577 g/mol. The van der Waals surface area contributed by atoms with Crippen LogP contribution >= 0.6 is 0 Å². The van der Waals surface area contributed by atoms with Crippen LogP contribution in [0.1, 0.15) is 0 Å². The van der Waals surface area contributed by atoms with Crippen LogP contribution in [0.15, 0.2) is 168 Å². The monoisotopic (exact) mass is 576 g/mol. The van der Waals surface area contributed by atoms with Crippen LogP contribution in [0.4, 0.5) is 11.4 Å². The lowest BCUT2D eigenvalue weighted by Crippen LogP contribution is -1.99. The van der Waals surface area contributed by atoms with Crippen molar-refractivity contribution in [1.82, 2.24) is 4.57 Å². The van der Waals surface area contributed by atoms with Gasteiger partial charge in [-0.2, -0.15) is 0 Å². The van der Waals surface area contributed by atoms with Crippen LogP contribution in [-0.2, 0) is 0 Å². The molecule has 3 heteroatoms. The summed E-state index contributed by atoms with van der Waals surface area (Å²) in [4.78, 5) is 0. The Morgan fingerprint density at radius 3 is 1.96 bits per heavy atom. The lowest BCUT2D eigenvalue weighted by atomic mass is 10.0. The molecule has 0 bridgehead atoms. The maximum Gasteiger partial charge on any atom is 0.145 e. The molecule has 45 heavy (non-hydrogen) atoms. The largest absolute Gasteiger partial charge is 0.455 e. The zero-order valence-corrected chi connectivity index (χ0v) is 24.4. The van der Waals surface area contributed by atoms with E-state index in [0.29, 0.717) is 0 Å². The Bertz CT molecular complexity index is 2490. The maximum atomic E-state index is 6.59. The van der Waals surface area contributed by atoms with Crippen molar-refractivity contribution < 1.29 is 4.42 Å². The highest BCUT2D eigenvalue weighted by Gasteiger charge is 2.20. The number of para-hydroxylation sites is 2. The molecule has 2 aromatic heterocycles. The molecule has 0 unspecified atom stereocenters. The minimum atomic E-state index is 0.906. The van der Waals surface area contributed by atoms with Gasteiger partial charge >= 0.3 is 0 Å². The zero-order chi connectivity index (χ0) is 29.7. The van der Waals surface area contributed by atoms with Crippen molar-refractivity contribution in [3.63, 3.8) is 0 Å². The normalized spacial score (nSPS) is 11.6. The third-order valence-electron chi connectivity index (χ3n) is 8.78. The number of rotatable bonds is 5. The van der Waals surface area contributed by atoms with Gasteiger partial charge in [-0.1, -0.05) is 115 Å². The summed E-state index contributed by atoms with van der Waals surface area (Å²) in [6.45, 7) is 0. The van der Waals surface area contributed by atoms with Gasteiger partial charge in [-0.05, 0) is 65.2 Å². The number of nitrogens with zero attached hydrogens (tertiary/aromatic N) is 1. The van der Waals surface area contributed by atoms with Crippen LogP contribution in [0.3, 0.4) is 0 Å². The van der Waals surface area contributed by atoms with Gasteiger partial charge in [0, 0.05) is 38.8 Å². The van der Waals surface area contributed by atoms with E-state index in [0.717, 1.165) is 61.0 Å². The number of anilines is 2. The molecule has 0 amide bonds. The number of nitrogens with one attached hydrogen (secondary N) is 1. The molecule has 7 aromatic carbocycles.